The van der Waals surface area contributed by atoms with Crippen molar-refractivity contribution in [3.63, 3.8) is 0 Å². The normalized spacial score (nSPS) is 12.4. The quantitative estimate of drug-likeness (QED) is 0.802. The van der Waals surface area contributed by atoms with Crippen LogP contribution in [0.25, 0.3) is 0 Å². The van der Waals surface area contributed by atoms with Crippen molar-refractivity contribution in [2.75, 3.05) is 32.6 Å². The van der Waals surface area contributed by atoms with Gasteiger partial charge in [-0.25, -0.2) is 0 Å². The van der Waals surface area contributed by atoms with Crippen molar-refractivity contribution in [2.24, 2.45) is 0 Å². The van der Waals surface area contributed by atoms with Crippen LogP contribution in [-0.2, 0) is 0 Å². The van der Waals surface area contributed by atoms with E-state index >= 15 is 0 Å². The summed E-state index contributed by atoms with van der Waals surface area (Å²) in [4.78, 5) is 2.10. The molecule has 1 unspecified atom stereocenters. The number of furan rings is 1. The molecule has 0 spiro atoms. The highest BCUT2D eigenvalue weighted by atomic mass is 16.5. The Kier molecular flexibility index (Phi) is 5.69. The number of hydrogen-bond acceptors (Lipinski definition) is 4. The van der Waals surface area contributed by atoms with E-state index in [-0.39, 0.29) is 6.04 Å². The topological polar surface area (TPSA) is 37.6 Å². The first-order valence-electron chi connectivity index (χ1n) is 7.36. The van der Waals surface area contributed by atoms with E-state index in [0.717, 1.165) is 30.2 Å². The summed E-state index contributed by atoms with van der Waals surface area (Å²) in [6.07, 6.45) is 2.67. The second-order valence-electron chi connectivity index (χ2n) is 5.30. The SMILES string of the molecule is CCC(Nc1cccc(OCCN(C)C)c1)c1ccco1. The smallest absolute Gasteiger partial charge is 0.125 e. The van der Waals surface area contributed by atoms with E-state index in [9.17, 15) is 0 Å². The first kappa shape index (κ1) is 15.4. The van der Waals surface area contributed by atoms with Crippen molar-refractivity contribution in [3.05, 3.63) is 48.4 Å². The molecule has 0 aliphatic carbocycles. The van der Waals surface area contributed by atoms with Crippen LogP contribution in [0.5, 0.6) is 5.75 Å². The molecule has 1 aromatic heterocycles. The third-order valence-electron chi connectivity index (χ3n) is 3.28. The zero-order valence-electron chi connectivity index (χ0n) is 13.0. The van der Waals surface area contributed by atoms with Gasteiger partial charge >= 0.3 is 0 Å². The maximum absolute atomic E-state index is 5.76. The molecular weight excluding hydrogens is 264 g/mol. The van der Waals surface area contributed by atoms with Gasteiger partial charge in [-0.05, 0) is 44.8 Å². The molecule has 0 aliphatic rings. The summed E-state index contributed by atoms with van der Waals surface area (Å²) in [5, 5.41) is 3.49. The number of nitrogens with one attached hydrogen (secondary N) is 1. The Balaban J connectivity index is 1.96. The molecule has 0 bridgehead atoms. The molecule has 4 nitrogen and oxygen atoms in total. The van der Waals surface area contributed by atoms with E-state index < -0.39 is 0 Å². The second-order valence-corrected chi connectivity index (χ2v) is 5.30. The fourth-order valence-corrected chi connectivity index (χ4v) is 2.09. The van der Waals surface area contributed by atoms with Crippen LogP contribution in [0.2, 0.25) is 0 Å². The highest BCUT2D eigenvalue weighted by molar-refractivity contribution is 5.49. The maximum atomic E-state index is 5.76. The van der Waals surface area contributed by atoms with Crippen molar-refractivity contribution >= 4 is 5.69 Å². The molecule has 1 atom stereocenters. The number of ether oxygens (including phenoxy) is 1. The predicted octanol–water partition coefficient (Wildman–Crippen LogP) is 3.78. The largest absolute Gasteiger partial charge is 0.492 e. The molecule has 0 fully saturated rings. The summed E-state index contributed by atoms with van der Waals surface area (Å²) < 4.78 is 11.2. The van der Waals surface area contributed by atoms with Gasteiger partial charge in [-0.1, -0.05) is 13.0 Å². The molecule has 2 aromatic rings. The van der Waals surface area contributed by atoms with Gasteiger partial charge in [-0.15, -0.1) is 0 Å². The fraction of sp³-hybridized carbons (Fsp3) is 0.412. The molecule has 114 valence electrons. The monoisotopic (exact) mass is 288 g/mol. The Labute approximate surface area is 126 Å². The zero-order chi connectivity index (χ0) is 15.1. The number of hydrogen-bond donors (Lipinski definition) is 1. The molecule has 0 saturated carbocycles. The third kappa shape index (κ3) is 4.83. The highest BCUT2D eigenvalue weighted by Crippen LogP contribution is 2.25. The van der Waals surface area contributed by atoms with E-state index in [4.69, 9.17) is 9.15 Å². The molecule has 1 heterocycles. The Morgan fingerprint density at radius 3 is 2.76 bits per heavy atom. The lowest BCUT2D eigenvalue weighted by Gasteiger charge is -2.17. The molecular formula is C17H24N2O2. The number of nitrogens with zero attached hydrogens (tertiary/aromatic N) is 1. The zero-order valence-corrected chi connectivity index (χ0v) is 13.0. The molecule has 0 radical (unpaired) electrons. The Morgan fingerprint density at radius 2 is 2.10 bits per heavy atom. The van der Waals surface area contributed by atoms with Crippen LogP contribution in [0.15, 0.2) is 47.1 Å². The maximum Gasteiger partial charge on any atom is 0.125 e. The predicted molar refractivity (Wildman–Crippen MR) is 85.9 cm³/mol. The molecule has 2 rings (SSSR count). The summed E-state index contributed by atoms with van der Waals surface area (Å²) in [5.41, 5.74) is 1.04. The minimum Gasteiger partial charge on any atom is -0.492 e. The van der Waals surface area contributed by atoms with Crippen molar-refractivity contribution in [1.29, 1.82) is 0 Å². The summed E-state index contributed by atoms with van der Waals surface area (Å²) in [5.74, 6) is 1.84. The van der Waals surface area contributed by atoms with Crippen LogP contribution in [-0.4, -0.2) is 32.1 Å². The fourth-order valence-electron chi connectivity index (χ4n) is 2.09. The van der Waals surface area contributed by atoms with Gasteiger partial charge < -0.3 is 19.4 Å². The minimum atomic E-state index is 0.178. The number of benzene rings is 1. The van der Waals surface area contributed by atoms with Crippen molar-refractivity contribution in [3.8, 4) is 5.75 Å². The summed E-state index contributed by atoms with van der Waals surface area (Å²) in [7, 11) is 4.08. The van der Waals surface area contributed by atoms with Gasteiger partial charge in [-0.2, -0.15) is 0 Å². The van der Waals surface area contributed by atoms with Gasteiger partial charge in [-0.3, -0.25) is 0 Å². The van der Waals surface area contributed by atoms with Crippen LogP contribution in [0.4, 0.5) is 5.69 Å². The van der Waals surface area contributed by atoms with Gasteiger partial charge in [0.05, 0.1) is 12.3 Å². The average molecular weight is 288 g/mol. The Hall–Kier alpha value is -1.94. The van der Waals surface area contributed by atoms with E-state index in [2.05, 4.69) is 17.1 Å². The van der Waals surface area contributed by atoms with Gasteiger partial charge in [0.1, 0.15) is 18.1 Å². The standard InChI is InChI=1S/C17H24N2O2/c1-4-16(17-9-6-11-21-17)18-14-7-5-8-15(13-14)20-12-10-19(2)3/h5-9,11,13,16,18H,4,10,12H2,1-3H3. The Morgan fingerprint density at radius 1 is 1.24 bits per heavy atom. The van der Waals surface area contributed by atoms with E-state index in [1.165, 1.54) is 0 Å². The van der Waals surface area contributed by atoms with E-state index in [1.807, 2.05) is 50.5 Å². The van der Waals surface area contributed by atoms with Gasteiger partial charge in [0.25, 0.3) is 0 Å². The third-order valence-corrected chi connectivity index (χ3v) is 3.28. The lowest BCUT2D eigenvalue weighted by atomic mass is 10.1. The summed E-state index contributed by atoms with van der Waals surface area (Å²) >= 11 is 0. The summed E-state index contributed by atoms with van der Waals surface area (Å²) in [6.45, 7) is 3.73. The van der Waals surface area contributed by atoms with Crippen molar-refractivity contribution in [1.82, 2.24) is 4.90 Å². The van der Waals surface area contributed by atoms with Crippen LogP contribution < -0.4 is 10.1 Å². The first-order chi connectivity index (χ1) is 10.2. The minimum absolute atomic E-state index is 0.178. The molecule has 21 heavy (non-hydrogen) atoms. The van der Waals surface area contributed by atoms with Crippen molar-refractivity contribution < 1.29 is 9.15 Å². The van der Waals surface area contributed by atoms with Gasteiger partial charge in [0, 0.05) is 18.3 Å². The Bertz CT molecular complexity index is 523. The molecule has 1 aromatic carbocycles. The molecule has 0 aliphatic heterocycles. The highest BCUT2D eigenvalue weighted by Gasteiger charge is 2.11. The molecule has 0 amide bonds. The summed E-state index contributed by atoms with van der Waals surface area (Å²) in [6, 6.07) is 12.2. The molecule has 0 saturated heterocycles. The van der Waals surface area contributed by atoms with Crippen LogP contribution in [0.1, 0.15) is 25.1 Å². The first-order valence-corrected chi connectivity index (χ1v) is 7.36. The van der Waals surface area contributed by atoms with Crippen LogP contribution in [0.3, 0.4) is 0 Å². The van der Waals surface area contributed by atoms with Crippen LogP contribution >= 0.6 is 0 Å². The number of rotatable bonds is 8. The lowest BCUT2D eigenvalue weighted by molar-refractivity contribution is 0.261. The average Bonchev–Trinajstić information content (AvgIpc) is 2.99. The number of likely N-dealkylation sites (N-methyl/N-ethyl adjacent to an activating group) is 1. The van der Waals surface area contributed by atoms with Gasteiger partial charge in [0.2, 0.25) is 0 Å². The van der Waals surface area contributed by atoms with E-state index in [0.29, 0.717) is 6.61 Å². The van der Waals surface area contributed by atoms with Crippen molar-refractivity contribution in [2.45, 2.75) is 19.4 Å². The van der Waals surface area contributed by atoms with Crippen LogP contribution in [0, 0.1) is 0 Å². The second kappa shape index (κ2) is 7.74. The van der Waals surface area contributed by atoms with Gasteiger partial charge in [0.15, 0.2) is 0 Å². The van der Waals surface area contributed by atoms with E-state index in [1.54, 1.807) is 6.26 Å². The number of anilines is 1. The molecule has 1 N–H and O–H groups in total. The molecule has 4 heteroatoms. The lowest BCUT2D eigenvalue weighted by Crippen LogP contribution is -2.19.